The van der Waals surface area contributed by atoms with Gasteiger partial charge in [-0.15, -0.1) is 0 Å². The molecule has 0 spiro atoms. The van der Waals surface area contributed by atoms with Crippen molar-refractivity contribution in [2.75, 3.05) is 18.6 Å². The van der Waals surface area contributed by atoms with Crippen molar-refractivity contribution in [2.24, 2.45) is 0 Å². The smallest absolute Gasteiger partial charge is 0.0411 e. The predicted molar refractivity (Wildman–Crippen MR) is 70.5 cm³/mol. The van der Waals surface area contributed by atoms with Crippen molar-refractivity contribution in [3.8, 4) is 0 Å². The van der Waals surface area contributed by atoms with Crippen LogP contribution in [0.4, 0.5) is 0 Å². The maximum absolute atomic E-state index is 3.62. The Hall–Kier alpha value is -0.470. The Bertz CT molecular complexity index is 248. The predicted octanol–water partition coefficient (Wildman–Crippen LogP) is 3.48. The van der Waals surface area contributed by atoms with Crippen LogP contribution >= 0.6 is 11.8 Å². The molecule has 0 bridgehead atoms. The van der Waals surface area contributed by atoms with E-state index < -0.39 is 0 Å². The van der Waals surface area contributed by atoms with Gasteiger partial charge in [-0.05, 0) is 24.8 Å². The highest BCUT2D eigenvalue weighted by Gasteiger charge is 2.08. The second kappa shape index (κ2) is 7.77. The lowest BCUT2D eigenvalue weighted by Gasteiger charge is -2.18. The van der Waals surface area contributed by atoms with Crippen LogP contribution in [0.2, 0.25) is 0 Å². The fourth-order valence-electron chi connectivity index (χ4n) is 1.58. The molecule has 2 heteroatoms. The first-order valence-corrected chi connectivity index (χ1v) is 7.05. The van der Waals surface area contributed by atoms with E-state index in [9.17, 15) is 0 Å². The van der Waals surface area contributed by atoms with E-state index in [0.29, 0.717) is 6.04 Å². The van der Waals surface area contributed by atoms with Crippen LogP contribution in [0, 0.1) is 0 Å². The summed E-state index contributed by atoms with van der Waals surface area (Å²) in [6, 6.07) is 11.2. The molecule has 1 atom stereocenters. The molecule has 0 aromatic heterocycles. The monoisotopic (exact) mass is 223 g/mol. The van der Waals surface area contributed by atoms with Gasteiger partial charge in [0, 0.05) is 11.8 Å². The van der Waals surface area contributed by atoms with Crippen LogP contribution in [0.5, 0.6) is 0 Å². The van der Waals surface area contributed by atoms with Gasteiger partial charge in [0.1, 0.15) is 0 Å². The summed E-state index contributed by atoms with van der Waals surface area (Å²) >= 11 is 1.90. The van der Waals surface area contributed by atoms with Crippen LogP contribution in [0.3, 0.4) is 0 Å². The number of nitrogens with one attached hydrogen (secondary N) is 1. The summed E-state index contributed by atoms with van der Waals surface area (Å²) in [5.74, 6) is 1.15. The third-order valence-electron chi connectivity index (χ3n) is 2.46. The van der Waals surface area contributed by atoms with Crippen molar-refractivity contribution in [1.82, 2.24) is 5.32 Å². The number of benzene rings is 1. The molecule has 0 aliphatic carbocycles. The van der Waals surface area contributed by atoms with Gasteiger partial charge in [0.2, 0.25) is 0 Å². The molecule has 1 aromatic carbocycles. The van der Waals surface area contributed by atoms with Gasteiger partial charge >= 0.3 is 0 Å². The highest BCUT2D eigenvalue weighted by molar-refractivity contribution is 7.98. The van der Waals surface area contributed by atoms with Gasteiger partial charge < -0.3 is 5.32 Å². The lowest BCUT2D eigenvalue weighted by atomic mass is 10.1. The van der Waals surface area contributed by atoms with E-state index in [1.54, 1.807) is 0 Å². The molecule has 15 heavy (non-hydrogen) atoms. The SMILES string of the molecule is CCCCNC(CSC)c1ccccc1. The lowest BCUT2D eigenvalue weighted by molar-refractivity contribution is 0.561. The largest absolute Gasteiger partial charge is 0.309 e. The van der Waals surface area contributed by atoms with Crippen LogP contribution in [-0.2, 0) is 0 Å². The quantitative estimate of drug-likeness (QED) is 0.710. The van der Waals surface area contributed by atoms with Crippen molar-refractivity contribution in [1.29, 1.82) is 0 Å². The summed E-state index contributed by atoms with van der Waals surface area (Å²) in [5, 5.41) is 3.62. The average molecular weight is 223 g/mol. The molecule has 1 rings (SSSR count). The number of hydrogen-bond donors (Lipinski definition) is 1. The number of rotatable bonds is 7. The normalized spacial score (nSPS) is 12.7. The van der Waals surface area contributed by atoms with E-state index in [1.807, 2.05) is 11.8 Å². The van der Waals surface area contributed by atoms with Crippen LogP contribution in [0.1, 0.15) is 31.4 Å². The molecule has 0 saturated carbocycles. The molecule has 0 fully saturated rings. The Kier molecular flexibility index (Phi) is 6.53. The minimum Gasteiger partial charge on any atom is -0.309 e. The maximum Gasteiger partial charge on any atom is 0.0411 e. The van der Waals surface area contributed by atoms with Gasteiger partial charge in [0.15, 0.2) is 0 Å². The molecule has 1 N–H and O–H groups in total. The molecule has 0 saturated heterocycles. The summed E-state index contributed by atoms with van der Waals surface area (Å²) in [7, 11) is 0. The number of unbranched alkanes of at least 4 members (excludes halogenated alkanes) is 1. The standard InChI is InChI=1S/C13H21NS/c1-3-4-10-14-13(11-15-2)12-8-6-5-7-9-12/h5-9,13-14H,3-4,10-11H2,1-2H3. The minimum absolute atomic E-state index is 0.507. The Balaban J connectivity index is 2.50. The summed E-state index contributed by atoms with van der Waals surface area (Å²) in [5.41, 5.74) is 1.41. The van der Waals surface area contributed by atoms with E-state index in [2.05, 4.69) is 48.8 Å². The summed E-state index contributed by atoms with van der Waals surface area (Å²) in [4.78, 5) is 0. The van der Waals surface area contributed by atoms with Gasteiger partial charge in [-0.2, -0.15) is 11.8 Å². The molecule has 1 nitrogen and oxygen atoms in total. The summed E-state index contributed by atoms with van der Waals surface area (Å²) < 4.78 is 0. The first-order valence-electron chi connectivity index (χ1n) is 5.65. The lowest BCUT2D eigenvalue weighted by Crippen LogP contribution is -2.24. The zero-order chi connectivity index (χ0) is 10.9. The molecule has 0 aliphatic heterocycles. The Morgan fingerprint density at radius 1 is 1.27 bits per heavy atom. The van der Waals surface area contributed by atoms with E-state index >= 15 is 0 Å². The zero-order valence-electron chi connectivity index (χ0n) is 9.70. The molecule has 0 heterocycles. The van der Waals surface area contributed by atoms with Crippen molar-refractivity contribution >= 4 is 11.8 Å². The van der Waals surface area contributed by atoms with Gasteiger partial charge in [0.05, 0.1) is 0 Å². The van der Waals surface area contributed by atoms with Gasteiger partial charge in [-0.25, -0.2) is 0 Å². The second-order valence-corrected chi connectivity index (χ2v) is 4.64. The molecular formula is C13H21NS. The molecule has 0 radical (unpaired) electrons. The summed E-state index contributed by atoms with van der Waals surface area (Å²) in [6.07, 6.45) is 4.68. The number of thioether (sulfide) groups is 1. The molecule has 1 unspecified atom stereocenters. The molecule has 84 valence electrons. The van der Waals surface area contributed by atoms with Crippen LogP contribution in [0.15, 0.2) is 30.3 Å². The minimum atomic E-state index is 0.507. The van der Waals surface area contributed by atoms with E-state index in [1.165, 1.54) is 18.4 Å². The van der Waals surface area contributed by atoms with Crippen LogP contribution in [0.25, 0.3) is 0 Å². The average Bonchev–Trinajstić information content (AvgIpc) is 2.29. The molecule has 0 aliphatic rings. The zero-order valence-corrected chi connectivity index (χ0v) is 10.5. The third-order valence-corrected chi connectivity index (χ3v) is 3.12. The summed E-state index contributed by atoms with van der Waals surface area (Å²) in [6.45, 7) is 3.35. The van der Waals surface area contributed by atoms with Gasteiger partial charge in [-0.1, -0.05) is 43.7 Å². The van der Waals surface area contributed by atoms with Crippen molar-refractivity contribution < 1.29 is 0 Å². The van der Waals surface area contributed by atoms with E-state index in [4.69, 9.17) is 0 Å². The van der Waals surface area contributed by atoms with Crippen molar-refractivity contribution in [3.63, 3.8) is 0 Å². The Morgan fingerprint density at radius 3 is 2.60 bits per heavy atom. The Morgan fingerprint density at radius 2 is 2.00 bits per heavy atom. The highest BCUT2D eigenvalue weighted by atomic mass is 32.2. The van der Waals surface area contributed by atoms with Gasteiger partial charge in [0.25, 0.3) is 0 Å². The Labute approximate surface area is 97.7 Å². The maximum atomic E-state index is 3.62. The van der Waals surface area contributed by atoms with Crippen LogP contribution < -0.4 is 5.32 Å². The highest BCUT2D eigenvalue weighted by Crippen LogP contribution is 2.16. The molecule has 1 aromatic rings. The first kappa shape index (κ1) is 12.6. The number of hydrogen-bond acceptors (Lipinski definition) is 2. The third kappa shape index (κ3) is 4.72. The van der Waals surface area contributed by atoms with Crippen molar-refractivity contribution in [3.05, 3.63) is 35.9 Å². The van der Waals surface area contributed by atoms with Crippen LogP contribution in [-0.4, -0.2) is 18.6 Å². The van der Waals surface area contributed by atoms with Gasteiger partial charge in [-0.3, -0.25) is 0 Å². The topological polar surface area (TPSA) is 12.0 Å². The fraction of sp³-hybridized carbons (Fsp3) is 0.538. The van der Waals surface area contributed by atoms with Crippen molar-refractivity contribution in [2.45, 2.75) is 25.8 Å². The van der Waals surface area contributed by atoms with E-state index in [-0.39, 0.29) is 0 Å². The molecule has 0 amide bonds. The first-order chi connectivity index (χ1) is 7.38. The fourth-order valence-corrected chi connectivity index (χ4v) is 2.22. The van der Waals surface area contributed by atoms with E-state index in [0.717, 1.165) is 12.3 Å². The molecular weight excluding hydrogens is 202 g/mol. The second-order valence-electron chi connectivity index (χ2n) is 3.73.